The lowest BCUT2D eigenvalue weighted by atomic mass is 9.97. The number of phenolic OH excluding ortho intramolecular Hbond substituents is 1. The third-order valence-corrected chi connectivity index (χ3v) is 6.47. The Balaban J connectivity index is 1.55. The molecule has 8 heteroatoms. The highest BCUT2D eigenvalue weighted by Crippen LogP contribution is 2.43. The van der Waals surface area contributed by atoms with Gasteiger partial charge in [0.25, 0.3) is 0 Å². The number of aromatic hydroxyl groups is 1. The van der Waals surface area contributed by atoms with Gasteiger partial charge in [-0.1, -0.05) is 11.6 Å². The maximum Gasteiger partial charge on any atom is 0.394 e. The highest BCUT2D eigenvalue weighted by atomic mass is 35.5. The van der Waals surface area contributed by atoms with E-state index in [1.54, 1.807) is 18.2 Å². The predicted octanol–water partition coefficient (Wildman–Crippen LogP) is 4.65. The molecule has 2 aliphatic carbocycles. The molecule has 0 heterocycles. The molecule has 2 aromatic rings. The quantitative estimate of drug-likeness (QED) is 0.544. The number of rotatable bonds is 6. The first-order chi connectivity index (χ1) is 15.3. The molecule has 0 spiro atoms. The number of anilines is 1. The zero-order valence-electron chi connectivity index (χ0n) is 17.4. The lowest BCUT2D eigenvalue weighted by Gasteiger charge is -2.17. The van der Waals surface area contributed by atoms with Gasteiger partial charge in [-0.15, -0.1) is 0 Å². The van der Waals surface area contributed by atoms with Crippen molar-refractivity contribution in [2.24, 2.45) is 5.92 Å². The minimum atomic E-state index is -1.56. The smallest absolute Gasteiger partial charge is 0.394 e. The van der Waals surface area contributed by atoms with Crippen LogP contribution in [0.2, 0.25) is 5.02 Å². The lowest BCUT2D eigenvalue weighted by molar-refractivity contribution is -0.147. The number of nitrogens with one attached hydrogen (secondary N) is 1. The molecule has 0 aromatic heterocycles. The highest BCUT2D eigenvalue weighted by molar-refractivity contribution is 6.37. The fraction of sp³-hybridized carbons (Fsp3) is 0.375. The van der Waals surface area contributed by atoms with Crippen molar-refractivity contribution in [3.63, 3.8) is 0 Å². The number of aryl methyl sites for hydroxylation is 1. The number of aliphatic carboxylic acids is 1. The van der Waals surface area contributed by atoms with Crippen LogP contribution >= 0.6 is 11.6 Å². The Morgan fingerprint density at radius 3 is 2.66 bits per heavy atom. The largest absolute Gasteiger partial charge is 0.508 e. The third-order valence-electron chi connectivity index (χ3n) is 6.19. The number of amides is 1. The standard InChI is InChI=1S/C24H24ClNO6/c25-19-12-20(26-23(29)24(30)31)17-2-1-3-18(17)22(19)32-16-8-9-21(28)14(11-16)6-4-13-5-7-15(27)10-13/h8-9,11-13,28H,1-7,10H2,(H,26,29)(H,30,31). The molecule has 1 amide bonds. The molecule has 2 aromatic carbocycles. The zero-order valence-corrected chi connectivity index (χ0v) is 18.2. The Morgan fingerprint density at radius 1 is 1.16 bits per heavy atom. The monoisotopic (exact) mass is 457 g/mol. The van der Waals surface area contributed by atoms with Crippen LogP contribution in [0.25, 0.3) is 0 Å². The predicted molar refractivity (Wildman–Crippen MR) is 119 cm³/mol. The van der Waals surface area contributed by atoms with Gasteiger partial charge in [-0.05, 0) is 79.8 Å². The zero-order chi connectivity index (χ0) is 22.8. The number of carbonyl (C=O) groups excluding carboxylic acids is 2. The number of phenols is 1. The summed E-state index contributed by atoms with van der Waals surface area (Å²) in [7, 11) is 0. The minimum absolute atomic E-state index is 0.185. The Hall–Kier alpha value is -3.06. The number of carboxylic acids is 1. The number of fused-ring (bicyclic) bond motifs is 1. The molecule has 168 valence electrons. The Morgan fingerprint density at radius 2 is 1.94 bits per heavy atom. The van der Waals surface area contributed by atoms with E-state index in [-0.39, 0.29) is 10.8 Å². The van der Waals surface area contributed by atoms with E-state index < -0.39 is 11.9 Å². The second kappa shape index (κ2) is 9.20. The van der Waals surface area contributed by atoms with Crippen LogP contribution in [0.3, 0.4) is 0 Å². The number of benzene rings is 2. The molecule has 3 N–H and O–H groups in total. The number of hydrogen-bond donors (Lipinski definition) is 3. The average molecular weight is 458 g/mol. The third kappa shape index (κ3) is 4.72. The van der Waals surface area contributed by atoms with Crippen molar-refractivity contribution in [3.8, 4) is 17.2 Å². The fourth-order valence-electron chi connectivity index (χ4n) is 4.55. The summed E-state index contributed by atoms with van der Waals surface area (Å²) in [5, 5.41) is 21.8. The van der Waals surface area contributed by atoms with Crippen LogP contribution in [0.4, 0.5) is 5.69 Å². The normalized spacial score (nSPS) is 17.3. The Labute approximate surface area is 190 Å². The second-order valence-corrected chi connectivity index (χ2v) is 8.79. The number of Topliss-reactive ketones (excluding diaryl/α,β-unsaturated/α-hetero) is 1. The van der Waals surface area contributed by atoms with E-state index in [0.29, 0.717) is 61.0 Å². The summed E-state index contributed by atoms with van der Waals surface area (Å²) in [5.74, 6) is -0.822. The molecule has 1 unspecified atom stereocenters. The first-order valence-electron chi connectivity index (χ1n) is 10.7. The number of carboxylic acid groups (broad SMARTS) is 1. The van der Waals surface area contributed by atoms with Crippen molar-refractivity contribution >= 4 is 34.9 Å². The summed E-state index contributed by atoms with van der Waals surface area (Å²) in [6.07, 6.45) is 5.85. The van der Waals surface area contributed by atoms with Crippen molar-refractivity contribution in [2.75, 3.05) is 5.32 Å². The van der Waals surface area contributed by atoms with Crippen LogP contribution in [-0.2, 0) is 33.6 Å². The maximum absolute atomic E-state index is 11.6. The van der Waals surface area contributed by atoms with Gasteiger partial charge in [0.1, 0.15) is 23.0 Å². The Bertz CT molecular complexity index is 1100. The summed E-state index contributed by atoms with van der Waals surface area (Å²) in [4.78, 5) is 34.0. The van der Waals surface area contributed by atoms with Crippen LogP contribution in [0.15, 0.2) is 24.3 Å². The van der Waals surface area contributed by atoms with Crippen molar-refractivity contribution in [3.05, 3.63) is 46.0 Å². The number of halogens is 1. The van der Waals surface area contributed by atoms with Crippen LogP contribution in [-0.4, -0.2) is 27.9 Å². The van der Waals surface area contributed by atoms with Crippen LogP contribution in [0.1, 0.15) is 48.8 Å². The molecule has 0 bridgehead atoms. The van der Waals surface area contributed by atoms with Gasteiger partial charge in [0.2, 0.25) is 0 Å². The average Bonchev–Trinajstić information content (AvgIpc) is 3.40. The van der Waals surface area contributed by atoms with Gasteiger partial charge in [-0.3, -0.25) is 9.59 Å². The molecule has 0 radical (unpaired) electrons. The van der Waals surface area contributed by atoms with E-state index in [2.05, 4.69) is 5.32 Å². The molecule has 1 fully saturated rings. The second-order valence-electron chi connectivity index (χ2n) is 8.38. The van der Waals surface area contributed by atoms with Gasteiger partial charge in [-0.2, -0.15) is 0 Å². The van der Waals surface area contributed by atoms with Crippen molar-refractivity contribution in [1.29, 1.82) is 0 Å². The molecule has 7 nitrogen and oxygen atoms in total. The summed E-state index contributed by atoms with van der Waals surface area (Å²) >= 11 is 6.45. The summed E-state index contributed by atoms with van der Waals surface area (Å²) in [6.45, 7) is 0. The van der Waals surface area contributed by atoms with Gasteiger partial charge in [0.15, 0.2) is 0 Å². The SMILES string of the molecule is O=C1CCC(CCc2cc(Oc3c(Cl)cc(NC(=O)C(=O)O)c4c3CCC4)ccc2O)C1. The molecular weight excluding hydrogens is 434 g/mol. The van der Waals surface area contributed by atoms with Gasteiger partial charge in [-0.25, -0.2) is 4.79 Å². The van der Waals surface area contributed by atoms with Crippen LogP contribution < -0.4 is 10.1 Å². The molecular formula is C24H24ClNO6. The van der Waals surface area contributed by atoms with E-state index in [0.717, 1.165) is 36.0 Å². The number of carbonyl (C=O) groups is 3. The van der Waals surface area contributed by atoms with Gasteiger partial charge >= 0.3 is 11.9 Å². The fourth-order valence-corrected chi connectivity index (χ4v) is 4.82. The summed E-state index contributed by atoms with van der Waals surface area (Å²) in [5.41, 5.74) is 2.81. The first-order valence-corrected chi connectivity index (χ1v) is 11.1. The number of ketones is 1. The van der Waals surface area contributed by atoms with Gasteiger partial charge in [0, 0.05) is 24.1 Å². The van der Waals surface area contributed by atoms with Crippen molar-refractivity contribution in [1.82, 2.24) is 0 Å². The number of hydrogen-bond acceptors (Lipinski definition) is 5. The maximum atomic E-state index is 11.6. The highest BCUT2D eigenvalue weighted by Gasteiger charge is 2.26. The van der Waals surface area contributed by atoms with E-state index in [4.69, 9.17) is 21.4 Å². The first kappa shape index (κ1) is 22.1. The van der Waals surface area contributed by atoms with E-state index in [1.165, 1.54) is 6.07 Å². The van der Waals surface area contributed by atoms with Crippen molar-refractivity contribution in [2.45, 2.75) is 51.4 Å². The molecule has 0 saturated heterocycles. The minimum Gasteiger partial charge on any atom is -0.508 e. The molecule has 4 rings (SSSR count). The van der Waals surface area contributed by atoms with Crippen LogP contribution in [0.5, 0.6) is 17.2 Å². The Kier molecular flexibility index (Phi) is 6.37. The topological polar surface area (TPSA) is 113 Å². The van der Waals surface area contributed by atoms with E-state index in [1.807, 2.05) is 0 Å². The molecule has 2 aliphatic rings. The van der Waals surface area contributed by atoms with Gasteiger partial charge in [0.05, 0.1) is 5.02 Å². The molecule has 1 atom stereocenters. The lowest BCUT2D eigenvalue weighted by Crippen LogP contribution is -2.22. The van der Waals surface area contributed by atoms with Crippen LogP contribution in [0, 0.1) is 5.92 Å². The molecule has 32 heavy (non-hydrogen) atoms. The number of ether oxygens (including phenoxy) is 1. The summed E-state index contributed by atoms with van der Waals surface area (Å²) in [6, 6.07) is 6.54. The van der Waals surface area contributed by atoms with E-state index in [9.17, 15) is 19.5 Å². The molecule has 0 aliphatic heterocycles. The van der Waals surface area contributed by atoms with Gasteiger partial charge < -0.3 is 20.3 Å². The molecule has 1 saturated carbocycles. The van der Waals surface area contributed by atoms with E-state index >= 15 is 0 Å². The summed E-state index contributed by atoms with van der Waals surface area (Å²) < 4.78 is 6.12. The van der Waals surface area contributed by atoms with Crippen molar-refractivity contribution < 1.29 is 29.3 Å².